The van der Waals surface area contributed by atoms with Gasteiger partial charge in [-0.25, -0.2) is 0 Å². The van der Waals surface area contributed by atoms with E-state index in [1.165, 1.54) is 19.3 Å². The summed E-state index contributed by atoms with van der Waals surface area (Å²) in [5.41, 5.74) is 0. The van der Waals surface area contributed by atoms with Crippen molar-refractivity contribution in [1.29, 1.82) is 0 Å². The molecule has 0 aromatic carbocycles. The highest BCUT2D eigenvalue weighted by Gasteiger charge is 2.34. The van der Waals surface area contributed by atoms with Gasteiger partial charge in [-0.05, 0) is 62.9 Å². The highest BCUT2D eigenvalue weighted by atomic mass is 16.7. The lowest BCUT2D eigenvalue weighted by molar-refractivity contribution is -0.177. The molecule has 3 nitrogen and oxygen atoms in total. The first kappa shape index (κ1) is 18.5. The monoisotopic (exact) mass is 320 g/mol. The molecule has 130 valence electrons. The third-order valence-electron chi connectivity index (χ3n) is 4.71. The molecule has 23 heavy (non-hydrogen) atoms. The van der Waals surface area contributed by atoms with E-state index in [9.17, 15) is 0 Å². The Bertz CT molecular complexity index is 401. The summed E-state index contributed by atoms with van der Waals surface area (Å²) in [4.78, 5) is 0. The zero-order valence-corrected chi connectivity index (χ0v) is 14.5. The molecule has 0 radical (unpaired) electrons. The zero-order chi connectivity index (χ0) is 16.3. The molecule has 4 atom stereocenters. The number of unbranched alkanes of at least 4 members (excludes halogenated alkanes) is 2. The molecule has 3 heteroatoms. The molecule has 2 rings (SSSR count). The maximum atomic E-state index is 9.03. The molecule has 0 spiro atoms. The summed E-state index contributed by atoms with van der Waals surface area (Å²) in [5.74, 6) is 7.60. The lowest BCUT2D eigenvalue weighted by Gasteiger charge is -2.25. The predicted octanol–water partition coefficient (Wildman–Crippen LogP) is 4.06. The standard InChI is InChI=1S/C20H32O3/c1-2-3-5-11-19(23-20-13-8-9-14-22-20)12-7-4-6-10-17-15-18(17)16-21/h4,6,17-21H,2-3,5,8-11,13-16H2,1H3/t17-,18-,19?,20?/m0/s1. The largest absolute Gasteiger partial charge is 0.396 e. The Kier molecular flexibility index (Phi) is 8.74. The fraction of sp³-hybridized carbons (Fsp3) is 0.800. The second kappa shape index (κ2) is 10.9. The van der Waals surface area contributed by atoms with Crippen LogP contribution >= 0.6 is 0 Å². The SMILES string of the molecule is CCCCCC(C#CC=CC[C@H]1C[C@H]1CO)OC1CCCCO1. The summed E-state index contributed by atoms with van der Waals surface area (Å²) in [5, 5.41) is 9.03. The van der Waals surface area contributed by atoms with E-state index >= 15 is 0 Å². The lowest BCUT2D eigenvalue weighted by Crippen LogP contribution is -2.27. The van der Waals surface area contributed by atoms with E-state index in [1.54, 1.807) is 0 Å². The Morgan fingerprint density at radius 1 is 1.30 bits per heavy atom. The number of rotatable bonds is 9. The molecule has 0 amide bonds. The van der Waals surface area contributed by atoms with Gasteiger partial charge in [0.1, 0.15) is 6.10 Å². The zero-order valence-electron chi connectivity index (χ0n) is 14.5. The van der Waals surface area contributed by atoms with Crippen molar-refractivity contribution in [1.82, 2.24) is 0 Å². The minimum atomic E-state index is -0.0644. The summed E-state index contributed by atoms with van der Waals surface area (Å²) >= 11 is 0. The first-order chi connectivity index (χ1) is 11.3. The van der Waals surface area contributed by atoms with Gasteiger partial charge in [0.2, 0.25) is 0 Å². The average molecular weight is 320 g/mol. The first-order valence-electron chi connectivity index (χ1n) is 9.37. The van der Waals surface area contributed by atoms with Gasteiger partial charge in [-0.15, -0.1) is 0 Å². The second-order valence-corrected chi connectivity index (χ2v) is 6.78. The normalized spacial score (nSPS) is 28.3. The van der Waals surface area contributed by atoms with Crippen LogP contribution in [0.5, 0.6) is 0 Å². The molecule has 1 heterocycles. The van der Waals surface area contributed by atoms with Gasteiger partial charge in [0.05, 0.1) is 0 Å². The van der Waals surface area contributed by atoms with E-state index < -0.39 is 0 Å². The molecular formula is C20H32O3. The molecule has 0 aromatic heterocycles. The van der Waals surface area contributed by atoms with Crippen molar-refractivity contribution in [3.05, 3.63) is 12.2 Å². The molecule has 2 fully saturated rings. The molecular weight excluding hydrogens is 288 g/mol. The van der Waals surface area contributed by atoms with Crippen LogP contribution in [-0.4, -0.2) is 30.7 Å². The lowest BCUT2D eigenvalue weighted by atomic mass is 10.1. The number of aliphatic hydroxyl groups excluding tert-OH is 1. The van der Waals surface area contributed by atoms with E-state index in [1.807, 2.05) is 6.08 Å². The van der Waals surface area contributed by atoms with Gasteiger partial charge in [0.25, 0.3) is 0 Å². The average Bonchev–Trinajstić information content (AvgIpc) is 3.34. The molecule has 2 aliphatic rings. The Labute approximate surface area is 141 Å². The highest BCUT2D eigenvalue weighted by molar-refractivity contribution is 5.18. The van der Waals surface area contributed by atoms with Crippen molar-refractivity contribution in [2.24, 2.45) is 11.8 Å². The first-order valence-corrected chi connectivity index (χ1v) is 9.37. The van der Waals surface area contributed by atoms with Crippen LogP contribution in [0.15, 0.2) is 12.2 Å². The Balaban J connectivity index is 1.73. The van der Waals surface area contributed by atoms with Crippen LogP contribution in [0.2, 0.25) is 0 Å². The fourth-order valence-corrected chi connectivity index (χ4v) is 3.02. The van der Waals surface area contributed by atoms with Gasteiger partial charge in [-0.2, -0.15) is 0 Å². The van der Waals surface area contributed by atoms with E-state index in [2.05, 4.69) is 24.8 Å². The second-order valence-electron chi connectivity index (χ2n) is 6.78. The van der Waals surface area contributed by atoms with Crippen LogP contribution in [0.25, 0.3) is 0 Å². The number of aliphatic hydroxyl groups is 1. The van der Waals surface area contributed by atoms with Gasteiger partial charge >= 0.3 is 0 Å². The molecule has 0 aromatic rings. The van der Waals surface area contributed by atoms with E-state index in [0.29, 0.717) is 18.4 Å². The van der Waals surface area contributed by atoms with Crippen LogP contribution in [0, 0.1) is 23.7 Å². The molecule has 1 aliphatic heterocycles. The molecule has 0 bridgehead atoms. The summed E-state index contributed by atoms with van der Waals surface area (Å²) in [6, 6.07) is 0. The summed E-state index contributed by atoms with van der Waals surface area (Å²) in [6.45, 7) is 3.36. The van der Waals surface area contributed by atoms with Gasteiger partial charge in [-0.3, -0.25) is 0 Å². The maximum absolute atomic E-state index is 9.03. The third kappa shape index (κ3) is 7.52. The van der Waals surface area contributed by atoms with Gasteiger partial charge < -0.3 is 14.6 Å². The summed E-state index contributed by atoms with van der Waals surface area (Å²) < 4.78 is 11.7. The van der Waals surface area contributed by atoms with Crippen molar-refractivity contribution in [2.75, 3.05) is 13.2 Å². The van der Waals surface area contributed by atoms with Crippen LogP contribution in [-0.2, 0) is 9.47 Å². The van der Waals surface area contributed by atoms with Gasteiger partial charge in [0, 0.05) is 13.2 Å². The Morgan fingerprint density at radius 2 is 2.22 bits per heavy atom. The number of allylic oxidation sites excluding steroid dienone is 2. The highest BCUT2D eigenvalue weighted by Crippen LogP contribution is 2.40. The van der Waals surface area contributed by atoms with E-state index in [0.717, 1.165) is 45.1 Å². The fourth-order valence-electron chi connectivity index (χ4n) is 3.02. The molecule has 1 saturated heterocycles. The van der Waals surface area contributed by atoms with Crippen LogP contribution < -0.4 is 0 Å². The van der Waals surface area contributed by atoms with E-state index in [-0.39, 0.29) is 12.4 Å². The quantitative estimate of drug-likeness (QED) is 0.514. The Morgan fingerprint density at radius 3 is 2.91 bits per heavy atom. The summed E-state index contributed by atoms with van der Waals surface area (Å²) in [6.07, 6.45) is 14.1. The van der Waals surface area contributed by atoms with Crippen LogP contribution in [0.1, 0.15) is 64.7 Å². The van der Waals surface area contributed by atoms with Gasteiger partial charge in [0.15, 0.2) is 6.29 Å². The number of hydrogen-bond donors (Lipinski definition) is 1. The van der Waals surface area contributed by atoms with E-state index in [4.69, 9.17) is 14.6 Å². The predicted molar refractivity (Wildman–Crippen MR) is 92.8 cm³/mol. The number of ether oxygens (including phenoxy) is 2. The van der Waals surface area contributed by atoms with Crippen molar-refractivity contribution in [3.8, 4) is 11.8 Å². The molecule has 1 saturated carbocycles. The molecule has 2 unspecified atom stereocenters. The summed E-state index contributed by atoms with van der Waals surface area (Å²) in [7, 11) is 0. The van der Waals surface area contributed by atoms with Gasteiger partial charge in [-0.1, -0.05) is 37.7 Å². The Hall–Kier alpha value is -0.820. The number of hydrogen-bond acceptors (Lipinski definition) is 3. The topological polar surface area (TPSA) is 38.7 Å². The molecule has 1 N–H and O–H groups in total. The maximum Gasteiger partial charge on any atom is 0.159 e. The third-order valence-corrected chi connectivity index (χ3v) is 4.71. The smallest absolute Gasteiger partial charge is 0.159 e. The minimum Gasteiger partial charge on any atom is -0.396 e. The van der Waals surface area contributed by atoms with Crippen molar-refractivity contribution in [2.45, 2.75) is 77.1 Å². The molecule has 1 aliphatic carbocycles. The van der Waals surface area contributed by atoms with Crippen molar-refractivity contribution < 1.29 is 14.6 Å². The van der Waals surface area contributed by atoms with Crippen LogP contribution in [0.4, 0.5) is 0 Å². The van der Waals surface area contributed by atoms with Crippen LogP contribution in [0.3, 0.4) is 0 Å². The van der Waals surface area contributed by atoms with Crippen molar-refractivity contribution >= 4 is 0 Å². The van der Waals surface area contributed by atoms with Crippen molar-refractivity contribution in [3.63, 3.8) is 0 Å². The minimum absolute atomic E-state index is 0.0135.